The van der Waals surface area contributed by atoms with E-state index in [1.54, 1.807) is 18.2 Å². The van der Waals surface area contributed by atoms with Crippen LogP contribution in [-0.4, -0.2) is 23.3 Å². The van der Waals surface area contributed by atoms with E-state index >= 15 is 0 Å². The van der Waals surface area contributed by atoms with Crippen molar-refractivity contribution in [3.05, 3.63) is 33.3 Å². The monoisotopic (exact) mass is 325 g/mol. The number of carbonyl (C=O) groups excluding carboxylic acids is 1. The number of halogens is 2. The third-order valence-electron chi connectivity index (χ3n) is 2.58. The summed E-state index contributed by atoms with van der Waals surface area (Å²) in [5.74, 6) is 2.64. The highest BCUT2D eigenvalue weighted by Gasteiger charge is 2.35. The molecule has 6 heteroatoms. The molecule has 1 atom stereocenters. The van der Waals surface area contributed by atoms with Gasteiger partial charge in [-0.05, 0) is 23.8 Å². The van der Waals surface area contributed by atoms with E-state index in [9.17, 15) is 4.79 Å². The summed E-state index contributed by atoms with van der Waals surface area (Å²) in [4.78, 5) is 16.8. The van der Waals surface area contributed by atoms with E-state index in [1.165, 1.54) is 4.90 Å². The number of benzene rings is 1. The zero-order valence-electron chi connectivity index (χ0n) is 9.23. The molecule has 1 heterocycles. The molecule has 0 saturated heterocycles. The van der Waals surface area contributed by atoms with Crippen LogP contribution in [0.5, 0.6) is 0 Å². The highest BCUT2D eigenvalue weighted by molar-refractivity contribution is 9.10. The Morgan fingerprint density at radius 1 is 1.61 bits per heavy atom. The first-order valence-electron chi connectivity index (χ1n) is 5.07. The number of hydrogen-bond acceptors (Lipinski definition) is 2. The van der Waals surface area contributed by atoms with Crippen LogP contribution in [-0.2, 0) is 0 Å². The van der Waals surface area contributed by atoms with Gasteiger partial charge >= 0.3 is 6.03 Å². The number of nitrogens with two attached hydrogens (primary N) is 1. The number of hydrogen-bond donors (Lipinski definition) is 1. The van der Waals surface area contributed by atoms with Crippen molar-refractivity contribution < 1.29 is 4.79 Å². The van der Waals surface area contributed by atoms with Gasteiger partial charge in [0, 0.05) is 9.50 Å². The Kier molecular flexibility index (Phi) is 3.60. The Hall–Kier alpha value is -1.51. The number of carbonyl (C=O) groups is 1. The molecular formula is C12H9BrClN3O. The van der Waals surface area contributed by atoms with Gasteiger partial charge in [0.15, 0.2) is 0 Å². The second-order valence-electron chi connectivity index (χ2n) is 3.72. The number of terminal acetylenes is 1. The molecule has 2 N–H and O–H groups in total. The Morgan fingerprint density at radius 2 is 2.33 bits per heavy atom. The summed E-state index contributed by atoms with van der Waals surface area (Å²) < 4.78 is 0.798. The summed E-state index contributed by atoms with van der Waals surface area (Å²) in [7, 11) is 0. The summed E-state index contributed by atoms with van der Waals surface area (Å²) in [5, 5.41) is 0.556. The van der Waals surface area contributed by atoms with Crippen molar-refractivity contribution in [2.45, 2.75) is 6.04 Å². The molecule has 0 fully saturated rings. The van der Waals surface area contributed by atoms with Gasteiger partial charge in [0.2, 0.25) is 0 Å². The summed E-state index contributed by atoms with van der Waals surface area (Å²) in [5.41, 5.74) is 6.56. The Balaban J connectivity index is 2.48. The quantitative estimate of drug-likeness (QED) is 0.849. The van der Waals surface area contributed by atoms with E-state index in [4.69, 9.17) is 23.8 Å². The van der Waals surface area contributed by atoms with E-state index in [0.717, 1.165) is 10.0 Å². The molecule has 1 unspecified atom stereocenters. The second kappa shape index (κ2) is 5.01. The van der Waals surface area contributed by atoms with Crippen LogP contribution in [0.4, 0.5) is 4.79 Å². The van der Waals surface area contributed by atoms with Crippen molar-refractivity contribution in [1.29, 1.82) is 0 Å². The average Bonchev–Trinajstić information content (AvgIpc) is 2.58. The predicted octanol–water partition coefficient (Wildman–Crippen LogP) is 2.57. The molecule has 0 saturated carbocycles. The minimum Gasteiger partial charge on any atom is -0.385 e. The summed E-state index contributed by atoms with van der Waals surface area (Å²) >= 11 is 9.37. The van der Waals surface area contributed by atoms with Gasteiger partial charge in [0.25, 0.3) is 0 Å². The topological polar surface area (TPSA) is 58.7 Å². The molecule has 1 aliphatic rings. The van der Waals surface area contributed by atoms with Crippen molar-refractivity contribution in [2.24, 2.45) is 10.7 Å². The zero-order valence-corrected chi connectivity index (χ0v) is 11.6. The first-order valence-corrected chi connectivity index (χ1v) is 6.24. The maximum Gasteiger partial charge on any atom is 0.346 e. The lowest BCUT2D eigenvalue weighted by Gasteiger charge is -2.23. The molecule has 18 heavy (non-hydrogen) atoms. The fraction of sp³-hybridized carbons (Fsp3) is 0.167. The molecule has 1 aliphatic heterocycles. The van der Waals surface area contributed by atoms with Crippen LogP contribution in [0.25, 0.3) is 0 Å². The van der Waals surface area contributed by atoms with Crippen LogP contribution < -0.4 is 5.73 Å². The van der Waals surface area contributed by atoms with Crippen LogP contribution in [0.1, 0.15) is 11.6 Å². The van der Waals surface area contributed by atoms with Gasteiger partial charge < -0.3 is 5.73 Å². The molecule has 2 rings (SSSR count). The van der Waals surface area contributed by atoms with Crippen LogP contribution in [0.2, 0.25) is 5.02 Å². The maximum absolute atomic E-state index is 11.7. The van der Waals surface area contributed by atoms with Gasteiger partial charge in [0.1, 0.15) is 11.9 Å². The van der Waals surface area contributed by atoms with E-state index in [2.05, 4.69) is 26.8 Å². The first kappa shape index (κ1) is 12.9. The lowest BCUT2D eigenvalue weighted by Crippen LogP contribution is -2.33. The molecule has 0 bridgehead atoms. The van der Waals surface area contributed by atoms with Crippen molar-refractivity contribution in [3.63, 3.8) is 0 Å². The minimum atomic E-state index is -0.471. The minimum absolute atomic E-state index is 0.145. The molecule has 2 amide bonds. The summed E-state index contributed by atoms with van der Waals surface area (Å²) in [6.07, 6.45) is 5.25. The van der Waals surface area contributed by atoms with Gasteiger partial charge in [-0.3, -0.25) is 4.90 Å². The standard InChI is InChI=1S/C12H9BrClN3O/c1-2-5-17-10(11(15)16-12(17)18)8-6-7(14)3-4-9(8)13/h1,3-4,6,10H,5H2,(H2,15,16,18). The largest absolute Gasteiger partial charge is 0.385 e. The Morgan fingerprint density at radius 3 is 3.00 bits per heavy atom. The third-order valence-corrected chi connectivity index (χ3v) is 3.53. The molecule has 92 valence electrons. The van der Waals surface area contributed by atoms with E-state index < -0.39 is 12.1 Å². The van der Waals surface area contributed by atoms with Crippen LogP contribution in [0.3, 0.4) is 0 Å². The molecule has 0 radical (unpaired) electrons. The number of amidine groups is 1. The number of aliphatic imine (C=N–C) groups is 1. The van der Waals surface area contributed by atoms with Crippen molar-refractivity contribution in [1.82, 2.24) is 4.90 Å². The smallest absolute Gasteiger partial charge is 0.346 e. The molecule has 0 spiro atoms. The summed E-state index contributed by atoms with van der Waals surface area (Å²) in [6, 6.07) is 4.37. The lowest BCUT2D eigenvalue weighted by atomic mass is 10.1. The number of nitrogens with zero attached hydrogens (tertiary/aromatic N) is 2. The molecule has 1 aromatic rings. The fourth-order valence-electron chi connectivity index (χ4n) is 1.81. The molecule has 0 aromatic heterocycles. The van der Waals surface area contributed by atoms with E-state index in [1.807, 2.05) is 0 Å². The van der Waals surface area contributed by atoms with Crippen molar-refractivity contribution in [2.75, 3.05) is 6.54 Å². The highest BCUT2D eigenvalue weighted by Crippen LogP contribution is 2.33. The normalized spacial score (nSPS) is 18.7. The van der Waals surface area contributed by atoms with Gasteiger partial charge in [0.05, 0.1) is 6.54 Å². The average molecular weight is 327 g/mol. The van der Waals surface area contributed by atoms with Crippen LogP contribution in [0.15, 0.2) is 27.7 Å². The Bertz CT molecular complexity index is 579. The van der Waals surface area contributed by atoms with Crippen molar-refractivity contribution >= 4 is 39.4 Å². The molecule has 0 aliphatic carbocycles. The van der Waals surface area contributed by atoms with E-state index in [0.29, 0.717) is 5.02 Å². The van der Waals surface area contributed by atoms with Gasteiger partial charge in [-0.15, -0.1) is 6.42 Å². The zero-order chi connectivity index (χ0) is 13.3. The lowest BCUT2D eigenvalue weighted by molar-refractivity contribution is 0.213. The van der Waals surface area contributed by atoms with Crippen LogP contribution >= 0.6 is 27.5 Å². The number of urea groups is 1. The SMILES string of the molecule is C#CCN1C(=O)N=C(N)C1c1cc(Cl)ccc1Br. The van der Waals surface area contributed by atoms with E-state index in [-0.39, 0.29) is 12.4 Å². The third kappa shape index (κ3) is 2.22. The van der Waals surface area contributed by atoms with Gasteiger partial charge in [-0.2, -0.15) is 4.99 Å². The summed E-state index contributed by atoms with van der Waals surface area (Å²) in [6.45, 7) is 0.145. The molecule has 4 nitrogen and oxygen atoms in total. The van der Waals surface area contributed by atoms with Crippen molar-refractivity contribution in [3.8, 4) is 12.3 Å². The highest BCUT2D eigenvalue weighted by atomic mass is 79.9. The predicted molar refractivity (Wildman–Crippen MR) is 74.5 cm³/mol. The molecular weight excluding hydrogens is 318 g/mol. The fourth-order valence-corrected chi connectivity index (χ4v) is 2.46. The van der Waals surface area contributed by atoms with Gasteiger partial charge in [-0.1, -0.05) is 33.5 Å². The molecule has 1 aromatic carbocycles. The maximum atomic E-state index is 11.7. The number of amides is 2. The van der Waals surface area contributed by atoms with Crippen LogP contribution in [0, 0.1) is 12.3 Å². The first-order chi connectivity index (χ1) is 8.54. The van der Waals surface area contributed by atoms with Gasteiger partial charge in [-0.25, -0.2) is 4.79 Å². The number of rotatable bonds is 2. The second-order valence-corrected chi connectivity index (χ2v) is 5.01. The Labute approximate surface area is 118 Å².